The monoisotopic (exact) mass is 730 g/mol. The zero-order valence-electron chi connectivity index (χ0n) is 26.2. The number of methoxy groups -OCH3 is 1. The lowest BCUT2D eigenvalue weighted by atomic mass is 9.63. The van der Waals surface area contributed by atoms with E-state index >= 15 is 0 Å². The molecule has 0 fully saturated rings. The molecule has 1 N–H and O–H groups in total. The Morgan fingerprint density at radius 1 is 1.00 bits per heavy atom. The summed E-state index contributed by atoms with van der Waals surface area (Å²) in [5.41, 5.74) is 4.53. The summed E-state index contributed by atoms with van der Waals surface area (Å²) in [6.07, 6.45) is 3.31. The van der Waals surface area contributed by atoms with Gasteiger partial charge in [-0.25, -0.2) is 0 Å². The molecule has 5 rings (SSSR count). The van der Waals surface area contributed by atoms with Crippen LogP contribution in [0.4, 0.5) is 5.69 Å². The van der Waals surface area contributed by atoms with Crippen molar-refractivity contribution in [2.24, 2.45) is 10.8 Å². The molecule has 0 spiro atoms. The van der Waals surface area contributed by atoms with Crippen LogP contribution in [0.1, 0.15) is 78.2 Å². The zero-order chi connectivity index (χ0) is 32.0. The van der Waals surface area contributed by atoms with Crippen molar-refractivity contribution >= 4 is 57.4 Å². The Kier molecular flexibility index (Phi) is 9.25. The number of carbonyl (C=O) groups is 3. The minimum atomic E-state index is -0.486. The molecule has 2 aromatic rings. The summed E-state index contributed by atoms with van der Waals surface area (Å²) < 4.78 is 12.5. The summed E-state index contributed by atoms with van der Waals surface area (Å²) in [6, 6.07) is 10.8. The number of anilines is 1. The fraction of sp³-hybridized carbons (Fsp3) is 0.457. The Morgan fingerprint density at radius 2 is 1.59 bits per heavy atom. The van der Waals surface area contributed by atoms with Crippen molar-refractivity contribution in [1.29, 1.82) is 0 Å². The van der Waals surface area contributed by atoms with E-state index in [1.54, 1.807) is 31.4 Å². The second-order valence-electron chi connectivity index (χ2n) is 13.5. The van der Waals surface area contributed by atoms with Crippen LogP contribution in [0.25, 0.3) is 0 Å². The number of carbonyl (C=O) groups excluding carboxylic acids is 3. The smallest absolute Gasteiger partial charge is 0.262 e. The van der Waals surface area contributed by atoms with Gasteiger partial charge in [0.25, 0.3) is 5.91 Å². The lowest BCUT2D eigenvalue weighted by Crippen LogP contribution is -2.44. The molecule has 0 saturated heterocycles. The molecule has 9 heteroatoms. The molecule has 1 heterocycles. The number of amides is 1. The number of hydrogen-bond donors (Lipinski definition) is 1. The number of hydrogen-bond acceptors (Lipinski definition) is 6. The van der Waals surface area contributed by atoms with Gasteiger partial charge in [-0.05, 0) is 82.5 Å². The third-order valence-corrected chi connectivity index (χ3v) is 9.68. The fourth-order valence-electron chi connectivity index (χ4n) is 6.81. The first-order chi connectivity index (χ1) is 20.7. The van der Waals surface area contributed by atoms with Crippen molar-refractivity contribution < 1.29 is 23.9 Å². The lowest BCUT2D eigenvalue weighted by Gasteiger charge is -2.49. The summed E-state index contributed by atoms with van der Waals surface area (Å²) in [7, 11) is 1.55. The molecule has 2 aromatic carbocycles. The number of rotatable bonds is 8. The standard InChI is InChI=1S/C35H40ClIN2O5/c1-7-12-39-24-15-34(2,3)17-26(40)31(24)30(32-25(39)16-35(4,5)18-27(32)41)20-13-22(37)33(28(14-20)43-6)44-19-29(42)38-23-11-9-8-10-21(23)36/h8-11,13-14,30H,7,12,15-19H2,1-6H3,(H,38,42). The average Bonchev–Trinajstić information content (AvgIpc) is 2.92. The van der Waals surface area contributed by atoms with E-state index in [2.05, 4.69) is 67.4 Å². The SMILES string of the molecule is CCCN1C2=C(C(=O)CC(C)(C)C2)C(c2cc(I)c(OCC(=O)Nc3ccccc3Cl)c(OC)c2)C2=C1CC(C)(C)CC2=O. The highest BCUT2D eigenvalue weighted by atomic mass is 127. The maximum atomic E-state index is 14.0. The van der Waals surface area contributed by atoms with E-state index in [1.165, 1.54) is 0 Å². The number of benzene rings is 2. The third-order valence-electron chi connectivity index (χ3n) is 8.55. The Bertz CT molecular complexity index is 1540. The maximum absolute atomic E-state index is 14.0. The summed E-state index contributed by atoms with van der Waals surface area (Å²) in [4.78, 5) is 43.0. The molecule has 0 radical (unpaired) electrons. The highest BCUT2D eigenvalue weighted by Gasteiger charge is 2.49. The predicted octanol–water partition coefficient (Wildman–Crippen LogP) is 8.07. The number of para-hydroxylation sites is 1. The Balaban J connectivity index is 1.57. The van der Waals surface area contributed by atoms with Crippen molar-refractivity contribution in [3.8, 4) is 11.5 Å². The van der Waals surface area contributed by atoms with Gasteiger partial charge in [0, 0.05) is 47.8 Å². The van der Waals surface area contributed by atoms with Gasteiger partial charge >= 0.3 is 0 Å². The first kappa shape index (κ1) is 32.5. The number of Topliss-reactive ketones (excluding diaryl/α,β-unsaturated/α-hetero) is 2. The van der Waals surface area contributed by atoms with Crippen LogP contribution in [0.15, 0.2) is 58.9 Å². The second kappa shape index (κ2) is 12.5. The van der Waals surface area contributed by atoms with E-state index in [0.717, 1.165) is 57.5 Å². The lowest BCUT2D eigenvalue weighted by molar-refractivity contribution is -0.120. The number of allylic oxidation sites excluding steroid dienone is 4. The Labute approximate surface area is 278 Å². The van der Waals surface area contributed by atoms with Crippen molar-refractivity contribution in [2.75, 3.05) is 25.6 Å². The predicted molar refractivity (Wildman–Crippen MR) is 181 cm³/mol. The third kappa shape index (κ3) is 6.43. The van der Waals surface area contributed by atoms with Crippen LogP contribution in [0.2, 0.25) is 5.02 Å². The normalized spacial score (nSPS) is 19.5. The number of ether oxygens (including phenoxy) is 2. The number of nitrogens with zero attached hydrogens (tertiary/aromatic N) is 1. The molecule has 1 amide bonds. The van der Waals surface area contributed by atoms with Crippen molar-refractivity contribution in [1.82, 2.24) is 4.90 Å². The molecular formula is C35H40ClIN2O5. The van der Waals surface area contributed by atoms with Crippen LogP contribution in [-0.4, -0.2) is 42.6 Å². The van der Waals surface area contributed by atoms with E-state index in [0.29, 0.717) is 35.1 Å². The van der Waals surface area contributed by atoms with Gasteiger partial charge in [0.05, 0.1) is 21.4 Å². The molecule has 0 aromatic heterocycles. The van der Waals surface area contributed by atoms with Crippen molar-refractivity contribution in [2.45, 2.75) is 72.6 Å². The van der Waals surface area contributed by atoms with Crippen LogP contribution < -0.4 is 14.8 Å². The molecule has 234 valence electrons. The maximum Gasteiger partial charge on any atom is 0.262 e. The number of nitrogens with one attached hydrogen (secondary N) is 1. The van der Waals surface area contributed by atoms with Gasteiger partial charge in [0.15, 0.2) is 29.7 Å². The van der Waals surface area contributed by atoms with Gasteiger partial charge in [-0.3, -0.25) is 14.4 Å². The molecule has 7 nitrogen and oxygen atoms in total. The minimum absolute atomic E-state index is 0.0945. The highest BCUT2D eigenvalue weighted by Crippen LogP contribution is 2.55. The van der Waals surface area contributed by atoms with Crippen LogP contribution in [0, 0.1) is 14.4 Å². The molecule has 44 heavy (non-hydrogen) atoms. The summed E-state index contributed by atoms with van der Waals surface area (Å²) >= 11 is 8.36. The average molecular weight is 731 g/mol. The van der Waals surface area contributed by atoms with E-state index in [4.69, 9.17) is 21.1 Å². The fourth-order valence-corrected chi connectivity index (χ4v) is 7.77. The topological polar surface area (TPSA) is 84.9 Å². The van der Waals surface area contributed by atoms with E-state index < -0.39 is 5.92 Å². The zero-order valence-corrected chi connectivity index (χ0v) is 29.1. The molecule has 0 unspecified atom stereocenters. The largest absolute Gasteiger partial charge is 0.493 e. The second-order valence-corrected chi connectivity index (χ2v) is 15.1. The van der Waals surface area contributed by atoms with Gasteiger partial charge in [0.2, 0.25) is 0 Å². The number of halogens is 2. The number of ketones is 2. The molecule has 3 aliphatic rings. The van der Waals surface area contributed by atoms with E-state index in [9.17, 15) is 14.4 Å². The van der Waals surface area contributed by atoms with Crippen LogP contribution in [-0.2, 0) is 14.4 Å². The van der Waals surface area contributed by atoms with Crippen LogP contribution in [0.3, 0.4) is 0 Å². The van der Waals surface area contributed by atoms with Gasteiger partial charge in [-0.15, -0.1) is 0 Å². The van der Waals surface area contributed by atoms with Crippen LogP contribution >= 0.6 is 34.2 Å². The first-order valence-corrected chi connectivity index (χ1v) is 16.6. The molecule has 0 bridgehead atoms. The molecular weight excluding hydrogens is 691 g/mol. The first-order valence-electron chi connectivity index (χ1n) is 15.1. The van der Waals surface area contributed by atoms with Crippen LogP contribution in [0.5, 0.6) is 11.5 Å². The van der Waals surface area contributed by atoms with Gasteiger partial charge in [-0.2, -0.15) is 0 Å². The minimum Gasteiger partial charge on any atom is -0.493 e. The molecule has 1 aliphatic heterocycles. The van der Waals surface area contributed by atoms with Crippen molar-refractivity contribution in [3.05, 3.63) is 73.1 Å². The van der Waals surface area contributed by atoms with Gasteiger partial charge in [-0.1, -0.05) is 58.4 Å². The Hall–Kier alpha value is -2.85. The molecule has 0 atom stereocenters. The van der Waals surface area contributed by atoms with Crippen molar-refractivity contribution in [3.63, 3.8) is 0 Å². The van der Waals surface area contributed by atoms with Gasteiger partial charge in [0.1, 0.15) is 0 Å². The van der Waals surface area contributed by atoms with E-state index in [1.807, 2.05) is 12.1 Å². The summed E-state index contributed by atoms with van der Waals surface area (Å²) in [5, 5.41) is 3.21. The summed E-state index contributed by atoms with van der Waals surface area (Å²) in [5.74, 6) is 0.198. The highest BCUT2D eigenvalue weighted by molar-refractivity contribution is 14.1. The van der Waals surface area contributed by atoms with E-state index in [-0.39, 0.29) is 34.9 Å². The van der Waals surface area contributed by atoms with Gasteiger partial charge < -0.3 is 19.7 Å². The summed E-state index contributed by atoms with van der Waals surface area (Å²) in [6.45, 7) is 11.2. The quantitative estimate of drug-likeness (QED) is 0.277. The Morgan fingerprint density at radius 3 is 2.14 bits per heavy atom. The molecule has 2 aliphatic carbocycles. The molecule has 0 saturated carbocycles.